The quantitative estimate of drug-likeness (QED) is 0.0996. The third kappa shape index (κ3) is 7.65. The largest absolute Gasteiger partial charge is 1.00 e. The molecule has 270 valence electrons. The minimum Gasteiger partial charge on any atom is -0.660 e. The Labute approximate surface area is 348 Å². The van der Waals surface area contributed by atoms with Gasteiger partial charge in [0.25, 0.3) is 5.56 Å². The Kier molecular flexibility index (Phi) is 12.8. The molecule has 4 aromatic heterocycles. The van der Waals surface area contributed by atoms with Crippen LogP contribution in [0.5, 0.6) is 0 Å². The molecule has 3 saturated heterocycles. The second kappa shape index (κ2) is 16.2. The van der Waals surface area contributed by atoms with E-state index in [1.807, 2.05) is 0 Å². The van der Waals surface area contributed by atoms with Crippen molar-refractivity contribution in [2.45, 2.75) is 68.5 Å². The van der Waals surface area contributed by atoms with E-state index in [1.165, 1.54) is 17.2 Å². The van der Waals surface area contributed by atoms with Gasteiger partial charge < -0.3 is 72.2 Å². The first-order valence-corrected chi connectivity index (χ1v) is 20.6. The molecular weight excluding hydrogens is 791 g/mol. The van der Waals surface area contributed by atoms with Crippen LogP contribution in [-0.4, -0.2) is 107 Å². The van der Waals surface area contributed by atoms with E-state index in [-0.39, 0.29) is 83.4 Å². The number of aromatic nitrogens is 7. The molecule has 4 aromatic rings. The first-order chi connectivity index (χ1) is 23.9. The molecule has 0 saturated carbocycles. The summed E-state index contributed by atoms with van der Waals surface area (Å²) in [6.45, 7) is -10.1. The second-order valence-corrected chi connectivity index (χ2v) is 17.4. The summed E-state index contributed by atoms with van der Waals surface area (Å²) in [6.07, 6.45) is -5.20. The van der Waals surface area contributed by atoms with Gasteiger partial charge in [-0.05, 0) is 18.4 Å². The van der Waals surface area contributed by atoms with Gasteiger partial charge in [0.1, 0.15) is 54.6 Å². The van der Waals surface area contributed by atoms with Crippen molar-refractivity contribution in [3.05, 3.63) is 41.1 Å². The van der Waals surface area contributed by atoms with E-state index in [1.54, 1.807) is 10.8 Å². The summed E-state index contributed by atoms with van der Waals surface area (Å²) in [7, 11) is 0. The molecule has 0 aromatic carbocycles. The summed E-state index contributed by atoms with van der Waals surface area (Å²) in [5.41, 5.74) is 0.638. The van der Waals surface area contributed by atoms with Crippen molar-refractivity contribution in [3.63, 3.8) is 0 Å². The summed E-state index contributed by atoms with van der Waals surface area (Å²) >= 11 is 10.3. The topological polar surface area (TPSA) is 225 Å². The molecule has 0 aliphatic carbocycles. The predicted molar refractivity (Wildman–Crippen MR) is 174 cm³/mol. The smallest absolute Gasteiger partial charge is 0.660 e. The number of hydrogen-bond donors (Lipinski definition) is 3. The van der Waals surface area contributed by atoms with Gasteiger partial charge in [-0.1, -0.05) is 0 Å². The number of alkyl halides is 1. The van der Waals surface area contributed by atoms with Gasteiger partial charge in [0, 0.05) is 12.7 Å². The maximum absolute atomic E-state index is 16.0. The Balaban J connectivity index is 0.00000232. The molecule has 4 aliphatic rings. The molecule has 3 fully saturated rings. The number of fused-ring (bicyclic) bond motifs is 4. The average molecular weight is 821 g/mol. The van der Waals surface area contributed by atoms with E-state index in [9.17, 15) is 24.1 Å². The number of aliphatic hydroxyl groups is 2. The maximum Gasteiger partial charge on any atom is 1.00 e. The number of hydrogen-bond acceptors (Lipinski definition) is 18. The molecule has 0 amide bonds. The molecule has 2 bridgehead atoms. The van der Waals surface area contributed by atoms with Crippen LogP contribution in [0.15, 0.2) is 30.0 Å². The van der Waals surface area contributed by atoms with Crippen LogP contribution in [0.3, 0.4) is 0 Å². The molecule has 8 heterocycles. The van der Waals surface area contributed by atoms with Gasteiger partial charge in [-0.3, -0.25) is 23.1 Å². The van der Waals surface area contributed by atoms with Crippen LogP contribution in [0.25, 0.3) is 22.2 Å². The van der Waals surface area contributed by atoms with Crippen LogP contribution in [0, 0.1) is 0 Å². The second-order valence-electron chi connectivity index (χ2n) is 12.0. The van der Waals surface area contributed by atoms with Crippen molar-refractivity contribution >= 4 is 66.1 Å². The predicted octanol–water partition coefficient (Wildman–Crippen LogP) is -4.98. The average Bonchev–Trinajstić information content (AvgIpc) is 3.78. The summed E-state index contributed by atoms with van der Waals surface area (Å²) in [6, 6.07) is 0. The maximum atomic E-state index is 16.0. The number of ether oxygens (including phenoxy) is 2. The van der Waals surface area contributed by atoms with E-state index in [0.717, 1.165) is 34.8 Å². The number of imidazole rings is 1. The SMILES string of the molecule is O=c1c2ncn([C@@H]3O[C@@H]4COP(=O)([S-])O[C@H]5[C@@H](O)[C@H](n6cc7c8c(ncnc86)NCCC7)O[C@@H]5COP(=O)([S-])O[C@@H]3[C@@H]4F)c2ncn1CCO.[Na+].[Na+]. The van der Waals surface area contributed by atoms with Gasteiger partial charge in [-0.15, -0.1) is 0 Å². The zero-order chi connectivity index (χ0) is 34.9. The normalized spacial score (nSPS) is 34.9. The summed E-state index contributed by atoms with van der Waals surface area (Å²) < 4.78 is 81.3. The monoisotopic (exact) mass is 820 g/mol. The Morgan fingerprint density at radius 2 is 1.65 bits per heavy atom. The molecule has 0 spiro atoms. The molecule has 0 radical (unpaired) electrons. The van der Waals surface area contributed by atoms with E-state index < -0.39 is 81.5 Å². The number of aliphatic hydroxyl groups excluding tert-OH is 2. The van der Waals surface area contributed by atoms with Gasteiger partial charge in [0.2, 0.25) is 6.80 Å². The Bertz CT molecular complexity index is 2120. The molecule has 26 heteroatoms. The van der Waals surface area contributed by atoms with Gasteiger partial charge >= 0.3 is 59.1 Å². The number of nitrogens with one attached hydrogen (secondary N) is 1. The van der Waals surface area contributed by atoms with E-state index in [0.29, 0.717) is 17.9 Å². The van der Waals surface area contributed by atoms with Crippen LogP contribution in [0.2, 0.25) is 0 Å². The summed E-state index contributed by atoms with van der Waals surface area (Å²) in [5.74, 6) is 0.628. The van der Waals surface area contributed by atoms with Crippen molar-refractivity contribution < 1.29 is 110 Å². The standard InChI is InChI=1S/C26H31FN8O11P2S2.2Na/c27-16-13-7-41-47(39,49)45-19-14(44-25(18(19)37)34-6-12-2-1-3-28-21-15(12)22(34)30-9-29-21)8-42-48(40,50)46-20(16)26(43-13)35-11-31-17-23(35)32-10-33(4-5-36)24(17)38;;/h6,9-11,13-14,16,18-20,25-26,36-37H,1-5,7-8H2,(H,39,49)(H,40,50)(H,28,29,30);;/q;2*+1/p-2/t13-,14-,16-,18-,19-,20-,25-,26-,47?,48?;;/m1../s1. The molecule has 3 N–H and O–H groups in total. The first kappa shape index (κ1) is 41.2. The van der Waals surface area contributed by atoms with Crippen LogP contribution in [0.1, 0.15) is 24.4 Å². The van der Waals surface area contributed by atoms with Crippen LogP contribution in [-0.2, 0) is 74.2 Å². The zero-order valence-corrected chi connectivity index (χ0v) is 35.1. The fourth-order valence-electron chi connectivity index (χ4n) is 6.63. The molecule has 52 heavy (non-hydrogen) atoms. The fourth-order valence-corrected chi connectivity index (χ4v) is 9.45. The van der Waals surface area contributed by atoms with Crippen LogP contribution >= 0.6 is 13.6 Å². The summed E-state index contributed by atoms with van der Waals surface area (Å²) in [5, 5.41) is 24.8. The van der Waals surface area contributed by atoms with E-state index >= 15 is 4.39 Å². The van der Waals surface area contributed by atoms with Crippen molar-refractivity contribution in [3.8, 4) is 0 Å². The first-order valence-electron chi connectivity index (χ1n) is 15.5. The number of halogens is 1. The molecular formula is C26H29FN8Na2O11P2S2. The van der Waals surface area contributed by atoms with Gasteiger partial charge in [-0.25, -0.2) is 24.3 Å². The van der Waals surface area contributed by atoms with Crippen LogP contribution in [0.4, 0.5) is 10.2 Å². The van der Waals surface area contributed by atoms with Gasteiger partial charge in [0.05, 0.1) is 38.1 Å². The van der Waals surface area contributed by atoms with Gasteiger partial charge in [-0.2, -0.15) is 0 Å². The zero-order valence-electron chi connectivity index (χ0n) is 27.7. The minimum absolute atomic E-state index is 0. The molecule has 4 aliphatic heterocycles. The van der Waals surface area contributed by atoms with Crippen molar-refractivity contribution in [2.75, 3.05) is 31.7 Å². The number of rotatable bonds is 4. The van der Waals surface area contributed by atoms with Crippen molar-refractivity contribution in [1.29, 1.82) is 0 Å². The van der Waals surface area contributed by atoms with E-state index in [2.05, 4.69) is 25.3 Å². The Morgan fingerprint density at radius 3 is 2.40 bits per heavy atom. The number of nitrogens with zero attached hydrogens (tertiary/aromatic N) is 7. The Hall–Kier alpha value is -0.460. The fraction of sp³-hybridized carbons (Fsp3) is 0.577. The van der Waals surface area contributed by atoms with Crippen molar-refractivity contribution in [1.82, 2.24) is 33.6 Å². The third-order valence-corrected chi connectivity index (χ3v) is 12.0. The number of aryl methyl sites for hydroxylation is 1. The van der Waals surface area contributed by atoms with Crippen molar-refractivity contribution in [2.24, 2.45) is 0 Å². The van der Waals surface area contributed by atoms with Gasteiger partial charge in [0.15, 0.2) is 36.6 Å². The minimum atomic E-state index is -4.57. The third-order valence-electron chi connectivity index (χ3n) is 8.91. The Morgan fingerprint density at radius 1 is 0.942 bits per heavy atom. The molecule has 8 rings (SSSR count). The van der Waals surface area contributed by atoms with Crippen LogP contribution < -0.4 is 70.0 Å². The number of anilines is 1. The van der Waals surface area contributed by atoms with E-state index in [4.69, 9.17) is 52.1 Å². The molecule has 19 nitrogen and oxygen atoms in total. The summed E-state index contributed by atoms with van der Waals surface area (Å²) in [4.78, 5) is 29.9. The molecule has 10 atom stereocenters. The molecule has 2 unspecified atom stereocenters.